The van der Waals surface area contributed by atoms with Crippen molar-refractivity contribution in [2.45, 2.75) is 31.3 Å². The topological polar surface area (TPSA) is 73.0 Å². The highest BCUT2D eigenvalue weighted by molar-refractivity contribution is 7.89. The Morgan fingerprint density at radius 2 is 1.89 bits per heavy atom. The first-order chi connectivity index (χ1) is 13.3. The van der Waals surface area contributed by atoms with E-state index in [9.17, 15) is 17.2 Å². The van der Waals surface area contributed by atoms with E-state index in [0.29, 0.717) is 16.8 Å². The molecule has 0 saturated heterocycles. The number of nitrogens with zero attached hydrogens (tertiary/aromatic N) is 5. The van der Waals surface area contributed by atoms with E-state index in [1.807, 2.05) is 30.3 Å². The Hall–Kier alpha value is -2.59. The minimum atomic E-state index is -4.04. The van der Waals surface area contributed by atoms with E-state index in [1.54, 1.807) is 24.0 Å². The monoisotopic (exact) mass is 409 g/mol. The SMILES string of the molecule is Cc1c(S(=O)(=O)N(CCc2ccccc2)Cc2ccn(C)n2)cnn1C(F)F. The first-order valence-electron chi connectivity index (χ1n) is 8.64. The van der Waals surface area contributed by atoms with Crippen molar-refractivity contribution in [3.63, 3.8) is 0 Å². The summed E-state index contributed by atoms with van der Waals surface area (Å²) in [6.45, 7) is -1.36. The van der Waals surface area contributed by atoms with Crippen molar-refractivity contribution in [2.75, 3.05) is 6.54 Å². The minimum Gasteiger partial charge on any atom is -0.276 e. The highest BCUT2D eigenvalue weighted by Crippen LogP contribution is 2.24. The second kappa shape index (κ2) is 8.19. The Bertz CT molecular complexity index is 1030. The molecule has 0 saturated carbocycles. The highest BCUT2D eigenvalue weighted by atomic mass is 32.2. The van der Waals surface area contributed by atoms with Gasteiger partial charge >= 0.3 is 6.55 Å². The summed E-state index contributed by atoms with van der Waals surface area (Å²) in [4.78, 5) is -0.225. The maximum absolute atomic E-state index is 13.2. The first kappa shape index (κ1) is 20.2. The van der Waals surface area contributed by atoms with Crippen molar-refractivity contribution in [3.8, 4) is 0 Å². The molecule has 0 aliphatic rings. The molecular weight excluding hydrogens is 388 g/mol. The molecule has 0 aliphatic heterocycles. The number of rotatable bonds is 8. The quantitative estimate of drug-likeness (QED) is 0.574. The zero-order valence-electron chi connectivity index (χ0n) is 15.5. The van der Waals surface area contributed by atoms with Crippen LogP contribution in [0.15, 0.2) is 53.7 Å². The van der Waals surface area contributed by atoms with Crippen LogP contribution in [0.1, 0.15) is 23.5 Å². The van der Waals surface area contributed by atoms with Crippen molar-refractivity contribution in [1.82, 2.24) is 23.9 Å². The number of alkyl halides is 2. The van der Waals surface area contributed by atoms with Crippen LogP contribution in [-0.4, -0.2) is 38.8 Å². The summed E-state index contributed by atoms with van der Waals surface area (Å²) in [5.74, 6) is 0. The largest absolute Gasteiger partial charge is 0.333 e. The van der Waals surface area contributed by atoms with Crippen LogP contribution in [0.2, 0.25) is 0 Å². The summed E-state index contributed by atoms with van der Waals surface area (Å²) >= 11 is 0. The van der Waals surface area contributed by atoms with Gasteiger partial charge in [0.25, 0.3) is 0 Å². The van der Waals surface area contributed by atoms with Crippen molar-refractivity contribution in [1.29, 1.82) is 0 Å². The standard InChI is InChI=1S/C18H21F2N5O2S/c1-14-17(12-21-25(14)18(19)20)28(26,27)24(13-16-9-10-23(2)22-16)11-8-15-6-4-3-5-7-15/h3-7,9-10,12,18H,8,11,13H2,1-2H3. The summed E-state index contributed by atoms with van der Waals surface area (Å²) in [7, 11) is -2.30. The van der Waals surface area contributed by atoms with Crippen LogP contribution in [0.5, 0.6) is 0 Å². The molecule has 7 nitrogen and oxygen atoms in total. The molecule has 0 bridgehead atoms. The van der Waals surface area contributed by atoms with Crippen molar-refractivity contribution >= 4 is 10.0 Å². The van der Waals surface area contributed by atoms with E-state index in [0.717, 1.165) is 11.8 Å². The van der Waals surface area contributed by atoms with E-state index in [1.165, 1.54) is 11.2 Å². The average Bonchev–Trinajstić information content (AvgIpc) is 3.25. The average molecular weight is 409 g/mol. The second-order valence-electron chi connectivity index (χ2n) is 6.37. The molecule has 2 heterocycles. The number of halogens is 2. The molecule has 0 radical (unpaired) electrons. The lowest BCUT2D eigenvalue weighted by atomic mass is 10.1. The Morgan fingerprint density at radius 3 is 2.46 bits per heavy atom. The van der Waals surface area contributed by atoms with Gasteiger partial charge in [0.15, 0.2) is 0 Å². The van der Waals surface area contributed by atoms with Crippen molar-refractivity contribution in [2.24, 2.45) is 7.05 Å². The zero-order valence-corrected chi connectivity index (χ0v) is 16.4. The summed E-state index contributed by atoms with van der Waals surface area (Å²) in [5, 5.41) is 7.77. The third-order valence-electron chi connectivity index (χ3n) is 4.40. The van der Waals surface area contributed by atoms with Crippen molar-refractivity contribution < 1.29 is 17.2 Å². The van der Waals surface area contributed by atoms with E-state index in [-0.39, 0.29) is 23.7 Å². The van der Waals surface area contributed by atoms with Gasteiger partial charge in [0.2, 0.25) is 10.0 Å². The van der Waals surface area contributed by atoms with Gasteiger partial charge in [-0.25, -0.2) is 13.1 Å². The van der Waals surface area contributed by atoms with Gasteiger partial charge in [0.1, 0.15) is 4.90 Å². The Kier molecular flexibility index (Phi) is 5.90. The molecule has 1 aromatic carbocycles. The fraction of sp³-hybridized carbons (Fsp3) is 0.333. The Balaban J connectivity index is 1.92. The number of hydrogen-bond donors (Lipinski definition) is 0. The molecule has 150 valence electrons. The van der Waals surface area contributed by atoms with E-state index >= 15 is 0 Å². The maximum atomic E-state index is 13.2. The van der Waals surface area contributed by atoms with Gasteiger partial charge in [-0.05, 0) is 25.0 Å². The van der Waals surface area contributed by atoms with Crippen LogP contribution >= 0.6 is 0 Å². The van der Waals surface area contributed by atoms with Gasteiger partial charge in [-0.3, -0.25) is 4.68 Å². The summed E-state index contributed by atoms with van der Waals surface area (Å²) in [5.41, 5.74) is 1.45. The summed E-state index contributed by atoms with van der Waals surface area (Å²) in [6.07, 6.45) is 3.18. The summed E-state index contributed by atoms with van der Waals surface area (Å²) < 4.78 is 55.7. The van der Waals surface area contributed by atoms with Crippen LogP contribution in [0, 0.1) is 6.92 Å². The Labute approximate surface area is 162 Å². The molecular formula is C18H21F2N5O2S. The van der Waals surface area contributed by atoms with Gasteiger partial charge in [0, 0.05) is 19.8 Å². The van der Waals surface area contributed by atoms with Gasteiger partial charge in [-0.2, -0.15) is 23.3 Å². The van der Waals surface area contributed by atoms with Gasteiger partial charge in [-0.1, -0.05) is 30.3 Å². The van der Waals surface area contributed by atoms with E-state index < -0.39 is 16.6 Å². The fourth-order valence-corrected chi connectivity index (χ4v) is 4.47. The lowest BCUT2D eigenvalue weighted by molar-refractivity contribution is 0.0541. The highest BCUT2D eigenvalue weighted by Gasteiger charge is 2.30. The molecule has 2 aromatic heterocycles. The molecule has 10 heteroatoms. The number of benzene rings is 1. The van der Waals surface area contributed by atoms with Crippen LogP contribution in [-0.2, 0) is 30.0 Å². The molecule has 3 aromatic rings. The van der Waals surface area contributed by atoms with Gasteiger partial charge in [0.05, 0.1) is 24.1 Å². The third kappa shape index (κ3) is 4.28. The van der Waals surface area contributed by atoms with Crippen molar-refractivity contribution in [3.05, 3.63) is 65.7 Å². The van der Waals surface area contributed by atoms with Gasteiger partial charge < -0.3 is 0 Å². The molecule has 0 unspecified atom stereocenters. The van der Waals surface area contributed by atoms with Gasteiger partial charge in [-0.15, -0.1) is 0 Å². The smallest absolute Gasteiger partial charge is 0.276 e. The maximum Gasteiger partial charge on any atom is 0.333 e. The molecule has 0 aliphatic carbocycles. The Morgan fingerprint density at radius 1 is 1.18 bits per heavy atom. The predicted octanol–water partition coefficient (Wildman–Crippen LogP) is 2.75. The van der Waals surface area contributed by atoms with Crippen LogP contribution in [0.25, 0.3) is 0 Å². The first-order valence-corrected chi connectivity index (χ1v) is 10.1. The molecule has 3 rings (SSSR count). The minimum absolute atomic E-state index is 0.0370. The summed E-state index contributed by atoms with van der Waals surface area (Å²) in [6, 6.07) is 11.2. The normalized spacial score (nSPS) is 12.2. The second-order valence-corrected chi connectivity index (χ2v) is 8.28. The number of aromatic nitrogens is 4. The number of hydrogen-bond acceptors (Lipinski definition) is 4. The molecule has 0 amide bonds. The number of aryl methyl sites for hydroxylation is 1. The molecule has 0 atom stereocenters. The fourth-order valence-electron chi connectivity index (χ4n) is 2.91. The zero-order chi connectivity index (χ0) is 20.3. The molecule has 0 N–H and O–H groups in total. The number of sulfonamides is 1. The van der Waals surface area contributed by atoms with E-state index in [2.05, 4.69) is 10.2 Å². The molecule has 0 fully saturated rings. The lowest BCUT2D eigenvalue weighted by Gasteiger charge is -2.21. The molecule has 0 spiro atoms. The van der Waals surface area contributed by atoms with Crippen LogP contribution in [0.3, 0.4) is 0 Å². The molecule has 28 heavy (non-hydrogen) atoms. The van der Waals surface area contributed by atoms with E-state index in [4.69, 9.17) is 0 Å². The van der Waals surface area contributed by atoms with Crippen LogP contribution < -0.4 is 0 Å². The third-order valence-corrected chi connectivity index (χ3v) is 6.35. The lowest BCUT2D eigenvalue weighted by Crippen LogP contribution is -2.33. The predicted molar refractivity (Wildman–Crippen MR) is 99.2 cm³/mol. The van der Waals surface area contributed by atoms with Crippen LogP contribution in [0.4, 0.5) is 8.78 Å².